The van der Waals surface area contributed by atoms with E-state index >= 15 is 0 Å². The summed E-state index contributed by atoms with van der Waals surface area (Å²) in [6, 6.07) is 0. The maximum atomic E-state index is 11.7. The Bertz CT molecular complexity index is 1200. The van der Waals surface area contributed by atoms with Crippen LogP contribution in [0.4, 0.5) is 0 Å². The molecule has 328 valence electrons. The molecule has 26 heteroatoms. The van der Waals surface area contributed by atoms with Gasteiger partial charge < -0.3 is 129 Å². The normalized spacial score (nSPS) is 53.2. The molecule has 5 fully saturated rings. The lowest BCUT2D eigenvalue weighted by molar-refractivity contribution is -0.405. The molecular weight excluding hydrogens is 776 g/mol. The first-order chi connectivity index (χ1) is 26.5. The smallest absolute Gasteiger partial charge is 0.187 e. The highest BCUT2D eigenvalue weighted by Crippen LogP contribution is 2.36. The van der Waals surface area contributed by atoms with Crippen LogP contribution in [-0.4, -0.2) is 273 Å². The fourth-order valence-corrected chi connectivity index (χ4v) is 7.01. The Hall–Kier alpha value is -1.04. The van der Waals surface area contributed by atoms with Gasteiger partial charge in [-0.2, -0.15) is 0 Å². The zero-order valence-corrected chi connectivity index (χ0v) is 29.2. The van der Waals surface area contributed by atoms with Crippen molar-refractivity contribution in [2.75, 3.05) is 33.0 Å². The lowest BCUT2D eigenvalue weighted by Gasteiger charge is -2.50. The van der Waals surface area contributed by atoms with Gasteiger partial charge in [0.2, 0.25) is 0 Å². The van der Waals surface area contributed by atoms with Crippen LogP contribution in [0.25, 0.3) is 0 Å². The summed E-state index contributed by atoms with van der Waals surface area (Å²) in [6.07, 6.45) is -47.1. The summed E-state index contributed by atoms with van der Waals surface area (Å²) < 4.78 is 49.9. The van der Waals surface area contributed by atoms with Crippen LogP contribution >= 0.6 is 0 Å². The third-order valence-corrected chi connectivity index (χ3v) is 10.3. The van der Waals surface area contributed by atoms with Gasteiger partial charge in [-0.05, 0) is 0 Å². The maximum Gasteiger partial charge on any atom is 0.187 e. The van der Waals surface area contributed by atoms with Gasteiger partial charge in [0.25, 0.3) is 0 Å². The standard InChI is InChI=1S/C30H52O26/c31-1-6-11(36)13(38)18(43)27(49-6)53-23-9(4-34)51-29(20(45)16(23)41)54-24-10(5-35)52-30(55-22-8(3-33)48-26(47)17(42)15(22)40)25(21(24)46)56-28-19(44)14(39)12(37)7(2-32)50-28/h6-47H,1-5H2/t6-,7-,8-,9-,10-,11-,12-,13+,14+,15-,16-,17-,18-,19-,20-,21+,22-,23-,24-,25-,26+,27-,28?,29-,30-/m1/s1. The molecule has 5 heterocycles. The van der Waals surface area contributed by atoms with E-state index in [1.807, 2.05) is 0 Å². The van der Waals surface area contributed by atoms with E-state index < -0.39 is 187 Å². The molecule has 5 saturated heterocycles. The third kappa shape index (κ3) is 9.16. The van der Waals surface area contributed by atoms with Crippen molar-refractivity contribution in [2.45, 2.75) is 154 Å². The average Bonchev–Trinajstić information content (AvgIpc) is 3.19. The molecule has 0 radical (unpaired) electrons. The molecule has 25 atom stereocenters. The first-order valence-corrected chi connectivity index (χ1v) is 17.6. The maximum absolute atomic E-state index is 11.7. The number of hydrogen-bond donors (Lipinski definition) is 17. The number of hydrogen-bond acceptors (Lipinski definition) is 26. The van der Waals surface area contributed by atoms with Crippen LogP contribution in [0.5, 0.6) is 0 Å². The molecule has 26 nitrogen and oxygen atoms in total. The van der Waals surface area contributed by atoms with Gasteiger partial charge in [-0.1, -0.05) is 0 Å². The van der Waals surface area contributed by atoms with Crippen LogP contribution in [-0.2, 0) is 42.6 Å². The van der Waals surface area contributed by atoms with Crippen molar-refractivity contribution in [1.29, 1.82) is 0 Å². The molecule has 0 aliphatic carbocycles. The monoisotopic (exact) mass is 828 g/mol. The van der Waals surface area contributed by atoms with Crippen molar-refractivity contribution in [3.63, 3.8) is 0 Å². The summed E-state index contributed by atoms with van der Waals surface area (Å²) in [6.45, 7) is -4.65. The molecule has 0 amide bonds. The predicted octanol–water partition coefficient (Wildman–Crippen LogP) is -11.9. The molecule has 0 saturated carbocycles. The van der Waals surface area contributed by atoms with Crippen LogP contribution < -0.4 is 0 Å². The Morgan fingerprint density at radius 1 is 0.268 bits per heavy atom. The Kier molecular flexibility index (Phi) is 16.1. The molecule has 56 heavy (non-hydrogen) atoms. The van der Waals surface area contributed by atoms with Crippen molar-refractivity contribution in [2.24, 2.45) is 0 Å². The van der Waals surface area contributed by atoms with E-state index in [0.29, 0.717) is 0 Å². The minimum atomic E-state index is -2.16. The molecule has 0 bridgehead atoms. The van der Waals surface area contributed by atoms with Gasteiger partial charge in [-0.3, -0.25) is 0 Å². The van der Waals surface area contributed by atoms with E-state index in [4.69, 9.17) is 42.6 Å². The second-order valence-electron chi connectivity index (χ2n) is 13.9. The van der Waals surface area contributed by atoms with E-state index in [9.17, 15) is 86.8 Å². The van der Waals surface area contributed by atoms with Crippen LogP contribution in [0, 0.1) is 0 Å². The zero-order valence-electron chi connectivity index (χ0n) is 29.2. The number of rotatable bonds is 13. The molecule has 1 unspecified atom stereocenters. The lowest BCUT2D eigenvalue weighted by atomic mass is 9.95. The van der Waals surface area contributed by atoms with Crippen molar-refractivity contribution in [1.82, 2.24) is 0 Å². The van der Waals surface area contributed by atoms with Gasteiger partial charge in [0.1, 0.15) is 122 Å². The number of ether oxygens (including phenoxy) is 9. The fourth-order valence-electron chi connectivity index (χ4n) is 7.01. The molecule has 0 spiro atoms. The summed E-state index contributed by atoms with van der Waals surface area (Å²) in [4.78, 5) is 0. The second kappa shape index (κ2) is 19.6. The van der Waals surface area contributed by atoms with Crippen molar-refractivity contribution < 1.29 is 129 Å². The summed E-state index contributed by atoms with van der Waals surface area (Å²) in [5.74, 6) is 0. The molecule has 0 aromatic rings. The molecule has 17 N–H and O–H groups in total. The molecule has 5 aliphatic rings. The molecule has 0 aromatic heterocycles. The molecule has 5 aliphatic heterocycles. The zero-order chi connectivity index (χ0) is 41.3. The van der Waals surface area contributed by atoms with Gasteiger partial charge in [-0.25, -0.2) is 0 Å². The van der Waals surface area contributed by atoms with E-state index in [1.165, 1.54) is 0 Å². The SMILES string of the molecule is OC[C@H]1O[C@H](O[C@H]2[C@H](O)[C@@H](O)[C@@H](O[C@H]3[C@H](O)[C@@H](OC4O[C@H](CO)[C@@H](O)[C@H](O)[C@H]4O)[C@@H](O[C@H]4[C@H](O)[C@@H](O)[C@@H](O)O[C@@H]4CO)O[C@@H]3CO)O[C@@H]2CO)[C@H](O)[C@@H](O)[C@@H]1O. The highest BCUT2D eigenvalue weighted by Gasteiger charge is 2.57. The minimum Gasteiger partial charge on any atom is -0.394 e. The molecule has 5 rings (SSSR count). The number of aliphatic hydroxyl groups is 17. The Morgan fingerprint density at radius 2 is 0.571 bits per heavy atom. The van der Waals surface area contributed by atoms with Gasteiger partial charge >= 0.3 is 0 Å². The fraction of sp³-hybridized carbons (Fsp3) is 1.00. The largest absolute Gasteiger partial charge is 0.394 e. The molecular formula is C30H52O26. The van der Waals surface area contributed by atoms with Crippen molar-refractivity contribution >= 4 is 0 Å². The average molecular weight is 829 g/mol. The van der Waals surface area contributed by atoms with Gasteiger partial charge in [0.05, 0.1) is 33.0 Å². The highest BCUT2D eigenvalue weighted by atomic mass is 16.8. The predicted molar refractivity (Wildman–Crippen MR) is 167 cm³/mol. The molecule has 0 aromatic carbocycles. The minimum absolute atomic E-state index is 0.830. The Morgan fingerprint density at radius 3 is 1.00 bits per heavy atom. The first kappa shape index (κ1) is 46.0. The quantitative estimate of drug-likeness (QED) is 0.0819. The van der Waals surface area contributed by atoms with E-state index in [1.54, 1.807) is 0 Å². The summed E-state index contributed by atoms with van der Waals surface area (Å²) in [5.41, 5.74) is 0. The second-order valence-corrected chi connectivity index (χ2v) is 13.9. The summed E-state index contributed by atoms with van der Waals surface area (Å²) in [7, 11) is 0. The summed E-state index contributed by atoms with van der Waals surface area (Å²) >= 11 is 0. The van der Waals surface area contributed by atoms with Gasteiger partial charge in [-0.15, -0.1) is 0 Å². The topological polar surface area (TPSA) is 427 Å². The van der Waals surface area contributed by atoms with E-state index in [-0.39, 0.29) is 0 Å². The summed E-state index contributed by atoms with van der Waals surface area (Å²) in [5, 5.41) is 176. The van der Waals surface area contributed by atoms with Crippen LogP contribution in [0.2, 0.25) is 0 Å². The van der Waals surface area contributed by atoms with Crippen LogP contribution in [0.3, 0.4) is 0 Å². The number of aliphatic hydroxyl groups excluding tert-OH is 17. The van der Waals surface area contributed by atoms with E-state index in [0.717, 1.165) is 0 Å². The lowest BCUT2D eigenvalue weighted by Crippen LogP contribution is -2.68. The Balaban J connectivity index is 1.39. The van der Waals surface area contributed by atoms with Crippen molar-refractivity contribution in [3.8, 4) is 0 Å². The van der Waals surface area contributed by atoms with Crippen LogP contribution in [0.1, 0.15) is 0 Å². The first-order valence-electron chi connectivity index (χ1n) is 17.6. The van der Waals surface area contributed by atoms with E-state index in [2.05, 4.69) is 0 Å². The van der Waals surface area contributed by atoms with Gasteiger partial charge in [0.15, 0.2) is 31.5 Å². The van der Waals surface area contributed by atoms with Gasteiger partial charge in [0, 0.05) is 0 Å². The van der Waals surface area contributed by atoms with Crippen LogP contribution in [0.15, 0.2) is 0 Å². The Labute approximate surface area is 316 Å². The van der Waals surface area contributed by atoms with Crippen molar-refractivity contribution in [3.05, 3.63) is 0 Å². The highest BCUT2D eigenvalue weighted by molar-refractivity contribution is 4.99. The third-order valence-electron chi connectivity index (χ3n) is 10.3.